The lowest BCUT2D eigenvalue weighted by Crippen LogP contribution is -2.30. The highest BCUT2D eigenvalue weighted by Gasteiger charge is 2.16. The third-order valence-electron chi connectivity index (χ3n) is 3.55. The molecule has 138 valence electrons. The van der Waals surface area contributed by atoms with E-state index in [1.165, 1.54) is 7.11 Å². The van der Waals surface area contributed by atoms with E-state index >= 15 is 0 Å². The Morgan fingerprint density at radius 3 is 2.31 bits per heavy atom. The summed E-state index contributed by atoms with van der Waals surface area (Å²) in [5.41, 5.74) is 0.821. The van der Waals surface area contributed by atoms with Gasteiger partial charge in [0.25, 0.3) is 0 Å². The largest absolute Gasteiger partial charge is 0.465 e. The number of carbonyl (C=O) groups excluding carboxylic acids is 2. The Hall–Kier alpha value is -2.87. The summed E-state index contributed by atoms with van der Waals surface area (Å²) >= 11 is 0. The van der Waals surface area contributed by atoms with Crippen LogP contribution in [0.1, 0.15) is 15.9 Å². The van der Waals surface area contributed by atoms with Crippen LogP contribution < -0.4 is 5.32 Å². The number of esters is 1. The normalized spacial score (nSPS) is 10.7. The molecule has 0 radical (unpaired) electrons. The number of nitrogens with zero attached hydrogens (tertiary/aromatic N) is 1. The number of ether oxygens (including phenoxy) is 1. The first-order chi connectivity index (χ1) is 12.3. The maximum Gasteiger partial charge on any atom is 0.337 e. The number of carbonyl (C=O) groups is 2. The highest BCUT2D eigenvalue weighted by molar-refractivity contribution is 5.92. The van der Waals surface area contributed by atoms with Crippen LogP contribution >= 0.6 is 0 Å². The first-order valence-corrected chi connectivity index (χ1v) is 7.61. The predicted octanol–water partition coefficient (Wildman–Crippen LogP) is 2.96. The van der Waals surface area contributed by atoms with E-state index in [-0.39, 0.29) is 6.54 Å². The SMILES string of the molecule is COC(=O)c1ccc(CN(C)CC(=O)Nc2ccc(F)c(F)c2F)cc1. The molecule has 8 heteroatoms. The number of nitrogens with one attached hydrogen (secondary N) is 1. The monoisotopic (exact) mass is 366 g/mol. The molecule has 0 saturated carbocycles. The van der Waals surface area contributed by atoms with Crippen LogP contribution in [0.15, 0.2) is 36.4 Å². The first-order valence-electron chi connectivity index (χ1n) is 7.61. The van der Waals surface area contributed by atoms with Gasteiger partial charge in [-0.2, -0.15) is 0 Å². The van der Waals surface area contributed by atoms with Crippen LogP contribution in [0.2, 0.25) is 0 Å². The van der Waals surface area contributed by atoms with Crippen molar-refractivity contribution in [1.29, 1.82) is 0 Å². The zero-order valence-electron chi connectivity index (χ0n) is 14.2. The van der Waals surface area contributed by atoms with Crippen molar-refractivity contribution in [1.82, 2.24) is 4.90 Å². The maximum atomic E-state index is 13.6. The van der Waals surface area contributed by atoms with Gasteiger partial charge in [0.15, 0.2) is 17.5 Å². The van der Waals surface area contributed by atoms with E-state index in [1.54, 1.807) is 36.2 Å². The topological polar surface area (TPSA) is 58.6 Å². The Morgan fingerprint density at radius 2 is 1.69 bits per heavy atom. The van der Waals surface area contributed by atoms with Gasteiger partial charge in [0.2, 0.25) is 5.91 Å². The van der Waals surface area contributed by atoms with E-state index in [0.717, 1.165) is 17.7 Å². The molecule has 2 aromatic carbocycles. The van der Waals surface area contributed by atoms with Gasteiger partial charge in [0.1, 0.15) is 0 Å². The van der Waals surface area contributed by atoms with Crippen molar-refractivity contribution < 1.29 is 27.5 Å². The molecule has 0 aliphatic heterocycles. The summed E-state index contributed by atoms with van der Waals surface area (Å²) in [7, 11) is 2.95. The van der Waals surface area contributed by atoms with Gasteiger partial charge < -0.3 is 10.1 Å². The van der Waals surface area contributed by atoms with Crippen molar-refractivity contribution in [2.75, 3.05) is 26.0 Å². The molecule has 0 atom stereocenters. The fourth-order valence-electron chi connectivity index (χ4n) is 2.29. The molecule has 0 spiro atoms. The molecule has 5 nitrogen and oxygen atoms in total. The zero-order chi connectivity index (χ0) is 19.3. The summed E-state index contributed by atoms with van der Waals surface area (Å²) in [6, 6.07) is 8.33. The highest BCUT2D eigenvalue weighted by atomic mass is 19.2. The van der Waals surface area contributed by atoms with Crippen molar-refractivity contribution in [3.05, 3.63) is 65.0 Å². The second kappa shape index (κ2) is 8.48. The van der Waals surface area contributed by atoms with Crippen molar-refractivity contribution in [3.8, 4) is 0 Å². The van der Waals surface area contributed by atoms with Crippen LogP contribution in [-0.2, 0) is 16.1 Å². The molecule has 0 saturated heterocycles. The molecule has 2 aromatic rings. The third kappa shape index (κ3) is 4.82. The Balaban J connectivity index is 1.93. The summed E-state index contributed by atoms with van der Waals surface area (Å²) in [4.78, 5) is 25.0. The Bertz CT molecular complexity index is 810. The molecule has 0 bridgehead atoms. The quantitative estimate of drug-likeness (QED) is 0.631. The standard InChI is InChI=1S/C18H17F3N2O3/c1-23(9-11-3-5-12(6-4-11)18(25)26-2)10-15(24)22-14-8-7-13(19)16(20)17(14)21/h3-8H,9-10H2,1-2H3,(H,22,24). The molecule has 2 rings (SSSR count). The molecule has 0 heterocycles. The number of likely N-dealkylation sites (N-methyl/N-ethyl adjacent to an activating group) is 1. The molecular weight excluding hydrogens is 349 g/mol. The minimum absolute atomic E-state index is 0.100. The van der Waals surface area contributed by atoms with Crippen LogP contribution in [0, 0.1) is 17.5 Å². The number of amides is 1. The van der Waals surface area contributed by atoms with Crippen molar-refractivity contribution in [2.45, 2.75) is 6.54 Å². The molecule has 1 N–H and O–H groups in total. The van der Waals surface area contributed by atoms with E-state index in [4.69, 9.17) is 0 Å². The van der Waals surface area contributed by atoms with Crippen molar-refractivity contribution >= 4 is 17.6 Å². The number of methoxy groups -OCH3 is 1. The molecular formula is C18H17F3N2O3. The van der Waals surface area contributed by atoms with Crippen LogP contribution in [0.4, 0.5) is 18.9 Å². The summed E-state index contributed by atoms with van der Waals surface area (Å²) in [5, 5.41) is 2.20. The van der Waals surface area contributed by atoms with E-state index in [0.29, 0.717) is 12.1 Å². The number of anilines is 1. The minimum Gasteiger partial charge on any atom is -0.465 e. The van der Waals surface area contributed by atoms with Gasteiger partial charge in [-0.25, -0.2) is 18.0 Å². The maximum absolute atomic E-state index is 13.6. The average molecular weight is 366 g/mol. The van der Waals surface area contributed by atoms with Gasteiger partial charge in [-0.15, -0.1) is 0 Å². The predicted molar refractivity (Wildman–Crippen MR) is 89.1 cm³/mol. The summed E-state index contributed by atoms with van der Waals surface area (Å²) in [6.07, 6.45) is 0. The molecule has 0 unspecified atom stereocenters. The molecule has 0 fully saturated rings. The van der Waals surface area contributed by atoms with Gasteiger partial charge in [-0.05, 0) is 36.9 Å². The van der Waals surface area contributed by atoms with Crippen LogP contribution in [0.25, 0.3) is 0 Å². The van der Waals surface area contributed by atoms with Gasteiger partial charge in [0.05, 0.1) is 24.9 Å². The number of hydrogen-bond donors (Lipinski definition) is 1. The summed E-state index contributed by atoms with van der Waals surface area (Å²) in [6.45, 7) is 0.284. The van der Waals surface area contributed by atoms with Gasteiger partial charge >= 0.3 is 5.97 Å². The number of benzene rings is 2. The first kappa shape index (κ1) is 19.5. The lowest BCUT2D eigenvalue weighted by atomic mass is 10.1. The molecule has 0 aliphatic carbocycles. The van der Waals surface area contributed by atoms with E-state index in [9.17, 15) is 22.8 Å². The van der Waals surface area contributed by atoms with Crippen LogP contribution in [-0.4, -0.2) is 37.5 Å². The Morgan fingerprint density at radius 1 is 1.04 bits per heavy atom. The van der Waals surface area contributed by atoms with Crippen molar-refractivity contribution in [2.24, 2.45) is 0 Å². The van der Waals surface area contributed by atoms with E-state index in [2.05, 4.69) is 10.1 Å². The zero-order valence-corrected chi connectivity index (χ0v) is 14.2. The molecule has 26 heavy (non-hydrogen) atoms. The Labute approximate surface area is 148 Å². The average Bonchev–Trinajstić information content (AvgIpc) is 2.62. The Kier molecular flexibility index (Phi) is 6.35. The summed E-state index contributed by atoms with van der Waals surface area (Å²) < 4.78 is 44.2. The van der Waals surface area contributed by atoms with Gasteiger partial charge in [0, 0.05) is 6.54 Å². The lowest BCUT2D eigenvalue weighted by Gasteiger charge is -2.17. The number of halogens is 3. The number of rotatable bonds is 6. The van der Waals surface area contributed by atoms with Gasteiger partial charge in [-0.3, -0.25) is 9.69 Å². The molecule has 0 aliphatic rings. The van der Waals surface area contributed by atoms with Crippen LogP contribution in [0.3, 0.4) is 0 Å². The fourth-order valence-corrected chi connectivity index (χ4v) is 2.29. The summed E-state index contributed by atoms with van der Waals surface area (Å²) in [5.74, 6) is -5.43. The van der Waals surface area contributed by atoms with E-state index in [1.807, 2.05) is 0 Å². The van der Waals surface area contributed by atoms with E-state index < -0.39 is 35.0 Å². The van der Waals surface area contributed by atoms with Crippen molar-refractivity contribution in [3.63, 3.8) is 0 Å². The third-order valence-corrected chi connectivity index (χ3v) is 3.55. The smallest absolute Gasteiger partial charge is 0.337 e. The molecule has 1 amide bonds. The second-order valence-electron chi connectivity index (χ2n) is 5.63. The lowest BCUT2D eigenvalue weighted by molar-refractivity contribution is -0.117. The van der Waals surface area contributed by atoms with Gasteiger partial charge in [-0.1, -0.05) is 12.1 Å². The highest BCUT2D eigenvalue weighted by Crippen LogP contribution is 2.19. The molecule has 0 aromatic heterocycles. The minimum atomic E-state index is -1.64. The number of hydrogen-bond acceptors (Lipinski definition) is 4. The second-order valence-corrected chi connectivity index (χ2v) is 5.63. The van der Waals surface area contributed by atoms with Crippen LogP contribution in [0.5, 0.6) is 0 Å². The fraction of sp³-hybridized carbons (Fsp3) is 0.222.